The van der Waals surface area contributed by atoms with Crippen molar-refractivity contribution in [2.45, 2.75) is 13.5 Å². The van der Waals surface area contributed by atoms with Crippen molar-refractivity contribution in [1.29, 1.82) is 0 Å². The predicted molar refractivity (Wildman–Crippen MR) is 62.2 cm³/mol. The fraction of sp³-hybridized carbons (Fsp3) is 0.455. The molecule has 0 aliphatic carbocycles. The van der Waals surface area contributed by atoms with E-state index in [1.165, 1.54) is 0 Å². The summed E-state index contributed by atoms with van der Waals surface area (Å²) in [6, 6.07) is 1.86. The number of anilines is 1. The Bertz CT molecular complexity index is 379. The van der Waals surface area contributed by atoms with E-state index in [0.29, 0.717) is 0 Å². The number of nitrogens with zero attached hydrogens (tertiary/aromatic N) is 2. The van der Waals surface area contributed by atoms with Crippen molar-refractivity contribution in [1.82, 2.24) is 10.3 Å². The standard InChI is InChI=1S/C11H17N3O2/c1-8-4-9(7-15)5-13-11(8)14(3)6-10(16)12-2/h4-5,15H,6-7H2,1-3H3,(H,12,16). The Labute approximate surface area is 95.1 Å². The van der Waals surface area contributed by atoms with Gasteiger partial charge in [0.15, 0.2) is 0 Å². The third kappa shape index (κ3) is 2.93. The molecule has 0 atom stereocenters. The topological polar surface area (TPSA) is 65.5 Å². The number of hydrogen-bond donors (Lipinski definition) is 2. The number of aryl methyl sites for hydroxylation is 1. The second-order valence-electron chi connectivity index (χ2n) is 3.67. The van der Waals surface area contributed by atoms with E-state index in [9.17, 15) is 4.79 Å². The lowest BCUT2D eigenvalue weighted by molar-refractivity contribution is -0.119. The fourth-order valence-corrected chi connectivity index (χ4v) is 1.48. The van der Waals surface area contributed by atoms with Gasteiger partial charge in [0.2, 0.25) is 5.91 Å². The summed E-state index contributed by atoms with van der Waals surface area (Å²) in [7, 11) is 3.41. The van der Waals surface area contributed by atoms with Crippen molar-refractivity contribution in [3.05, 3.63) is 23.4 Å². The summed E-state index contributed by atoms with van der Waals surface area (Å²) in [6.07, 6.45) is 1.61. The van der Waals surface area contributed by atoms with Crippen LogP contribution in [0.2, 0.25) is 0 Å². The molecule has 5 nitrogen and oxygen atoms in total. The van der Waals surface area contributed by atoms with Crippen molar-refractivity contribution in [2.24, 2.45) is 0 Å². The molecule has 1 amide bonds. The maximum absolute atomic E-state index is 11.2. The van der Waals surface area contributed by atoms with Crippen molar-refractivity contribution in [3.63, 3.8) is 0 Å². The Balaban J connectivity index is 2.83. The number of pyridine rings is 1. The molecule has 0 radical (unpaired) electrons. The number of carbonyl (C=O) groups is 1. The molecule has 1 heterocycles. The number of carbonyl (C=O) groups excluding carboxylic acids is 1. The summed E-state index contributed by atoms with van der Waals surface area (Å²) in [5.41, 5.74) is 1.72. The normalized spacial score (nSPS) is 10.0. The molecule has 0 aliphatic heterocycles. The van der Waals surface area contributed by atoms with Crippen molar-refractivity contribution in [3.8, 4) is 0 Å². The van der Waals surface area contributed by atoms with Crippen molar-refractivity contribution < 1.29 is 9.90 Å². The van der Waals surface area contributed by atoms with E-state index in [-0.39, 0.29) is 19.1 Å². The van der Waals surface area contributed by atoms with E-state index in [0.717, 1.165) is 16.9 Å². The summed E-state index contributed by atoms with van der Waals surface area (Å²) in [5.74, 6) is 0.690. The van der Waals surface area contributed by atoms with Gasteiger partial charge in [0.1, 0.15) is 5.82 Å². The number of rotatable bonds is 4. The number of nitrogens with one attached hydrogen (secondary N) is 1. The highest BCUT2D eigenvalue weighted by Gasteiger charge is 2.09. The van der Waals surface area contributed by atoms with Crippen LogP contribution < -0.4 is 10.2 Å². The van der Waals surface area contributed by atoms with Crippen LogP contribution in [0.15, 0.2) is 12.3 Å². The minimum atomic E-state index is -0.0602. The maximum atomic E-state index is 11.2. The van der Waals surface area contributed by atoms with Gasteiger partial charge in [0.25, 0.3) is 0 Å². The van der Waals surface area contributed by atoms with Crippen LogP contribution in [0.25, 0.3) is 0 Å². The smallest absolute Gasteiger partial charge is 0.239 e. The van der Waals surface area contributed by atoms with E-state index in [2.05, 4.69) is 10.3 Å². The highest BCUT2D eigenvalue weighted by Crippen LogP contribution is 2.16. The molecule has 2 N–H and O–H groups in total. The monoisotopic (exact) mass is 223 g/mol. The van der Waals surface area contributed by atoms with Crippen LogP contribution in [-0.2, 0) is 11.4 Å². The predicted octanol–water partition coefficient (Wildman–Crippen LogP) is 0.0645. The van der Waals surface area contributed by atoms with Crippen LogP contribution in [-0.4, -0.2) is 36.6 Å². The van der Waals surface area contributed by atoms with Crippen LogP contribution >= 0.6 is 0 Å². The zero-order valence-corrected chi connectivity index (χ0v) is 9.82. The first-order chi connectivity index (χ1) is 7.58. The average Bonchev–Trinajstić information content (AvgIpc) is 2.28. The van der Waals surface area contributed by atoms with E-state index in [1.807, 2.05) is 20.0 Å². The Hall–Kier alpha value is -1.62. The fourth-order valence-electron chi connectivity index (χ4n) is 1.48. The van der Waals surface area contributed by atoms with Gasteiger partial charge in [0, 0.05) is 20.3 Å². The molecule has 0 aromatic carbocycles. The first kappa shape index (κ1) is 12.4. The summed E-state index contributed by atoms with van der Waals surface area (Å²) in [6.45, 7) is 2.15. The molecule has 0 unspecified atom stereocenters. The highest BCUT2D eigenvalue weighted by molar-refractivity contribution is 5.80. The van der Waals surface area contributed by atoms with Gasteiger partial charge in [0.05, 0.1) is 13.2 Å². The van der Waals surface area contributed by atoms with E-state index >= 15 is 0 Å². The van der Waals surface area contributed by atoms with Gasteiger partial charge >= 0.3 is 0 Å². The minimum absolute atomic E-state index is 0.0206. The summed E-state index contributed by atoms with van der Waals surface area (Å²) in [5, 5.41) is 11.5. The zero-order chi connectivity index (χ0) is 12.1. The first-order valence-electron chi connectivity index (χ1n) is 5.06. The second-order valence-corrected chi connectivity index (χ2v) is 3.67. The van der Waals surface area contributed by atoms with Gasteiger partial charge in [-0.05, 0) is 24.1 Å². The van der Waals surface area contributed by atoms with Gasteiger partial charge < -0.3 is 15.3 Å². The lowest BCUT2D eigenvalue weighted by atomic mass is 10.2. The molecule has 5 heteroatoms. The Morgan fingerprint density at radius 3 is 2.81 bits per heavy atom. The van der Waals surface area contributed by atoms with Crippen LogP contribution in [0.4, 0.5) is 5.82 Å². The molecule has 0 saturated carbocycles. The molecule has 0 spiro atoms. The quantitative estimate of drug-likeness (QED) is 0.758. The second kappa shape index (κ2) is 5.46. The molecular formula is C11H17N3O2. The number of aromatic nitrogens is 1. The van der Waals surface area contributed by atoms with Gasteiger partial charge in [-0.2, -0.15) is 0 Å². The SMILES string of the molecule is CNC(=O)CN(C)c1ncc(CO)cc1C. The van der Waals surface area contributed by atoms with E-state index in [1.54, 1.807) is 18.1 Å². The van der Waals surface area contributed by atoms with Gasteiger partial charge in [-0.1, -0.05) is 0 Å². The average molecular weight is 223 g/mol. The van der Waals surface area contributed by atoms with Gasteiger partial charge in [-0.3, -0.25) is 4.79 Å². The molecule has 1 rings (SSSR count). The molecule has 1 aromatic rings. The van der Waals surface area contributed by atoms with Crippen molar-refractivity contribution >= 4 is 11.7 Å². The number of amides is 1. The first-order valence-corrected chi connectivity index (χ1v) is 5.06. The van der Waals surface area contributed by atoms with Crippen LogP contribution in [0.5, 0.6) is 0 Å². The lowest BCUT2D eigenvalue weighted by Crippen LogP contribution is -2.33. The molecule has 16 heavy (non-hydrogen) atoms. The number of aliphatic hydroxyl groups is 1. The number of likely N-dealkylation sites (N-methyl/N-ethyl adjacent to an activating group) is 2. The Morgan fingerprint density at radius 1 is 1.62 bits per heavy atom. The number of hydrogen-bond acceptors (Lipinski definition) is 4. The van der Waals surface area contributed by atoms with Gasteiger partial charge in [-0.25, -0.2) is 4.98 Å². The minimum Gasteiger partial charge on any atom is -0.392 e. The molecule has 0 bridgehead atoms. The molecule has 0 fully saturated rings. The number of aliphatic hydroxyl groups excluding tert-OH is 1. The zero-order valence-electron chi connectivity index (χ0n) is 9.82. The summed E-state index contributed by atoms with van der Waals surface area (Å²) >= 11 is 0. The van der Waals surface area contributed by atoms with E-state index < -0.39 is 0 Å². The maximum Gasteiger partial charge on any atom is 0.239 e. The van der Waals surface area contributed by atoms with Gasteiger partial charge in [-0.15, -0.1) is 0 Å². The lowest BCUT2D eigenvalue weighted by Gasteiger charge is -2.19. The Kier molecular flexibility index (Phi) is 4.25. The van der Waals surface area contributed by atoms with E-state index in [4.69, 9.17) is 5.11 Å². The Morgan fingerprint density at radius 2 is 2.31 bits per heavy atom. The molecule has 88 valence electrons. The van der Waals surface area contributed by atoms with Crippen molar-refractivity contribution in [2.75, 3.05) is 25.5 Å². The molecular weight excluding hydrogens is 206 g/mol. The van der Waals surface area contributed by atoms with Crippen LogP contribution in [0.1, 0.15) is 11.1 Å². The summed E-state index contributed by atoms with van der Waals surface area (Å²) in [4.78, 5) is 17.2. The third-order valence-corrected chi connectivity index (χ3v) is 2.31. The van der Waals surface area contributed by atoms with Crippen LogP contribution in [0, 0.1) is 6.92 Å². The third-order valence-electron chi connectivity index (χ3n) is 2.31. The molecule has 1 aromatic heterocycles. The molecule has 0 aliphatic rings. The largest absolute Gasteiger partial charge is 0.392 e. The van der Waals surface area contributed by atoms with Crippen LogP contribution in [0.3, 0.4) is 0 Å². The highest BCUT2D eigenvalue weighted by atomic mass is 16.3. The summed E-state index contributed by atoms with van der Waals surface area (Å²) < 4.78 is 0. The molecule has 0 saturated heterocycles.